The van der Waals surface area contributed by atoms with E-state index in [-0.39, 0.29) is 31.0 Å². The molecule has 9 nitrogen and oxygen atoms in total. The zero-order valence-electron chi connectivity index (χ0n) is 17.0. The molecule has 2 heterocycles. The van der Waals surface area contributed by atoms with Crippen molar-refractivity contribution in [3.63, 3.8) is 0 Å². The number of aromatic hydroxyl groups is 1. The predicted molar refractivity (Wildman–Crippen MR) is 106 cm³/mol. The number of ether oxygens (including phenoxy) is 1. The maximum atomic E-state index is 13.8. The van der Waals surface area contributed by atoms with Crippen LogP contribution in [0.3, 0.4) is 0 Å². The number of pyridine rings is 1. The monoisotopic (exact) mass is 436 g/mol. The number of nitrogens with zero attached hydrogens (tertiary/aromatic N) is 3. The molecule has 166 valence electrons. The predicted octanol–water partition coefficient (Wildman–Crippen LogP) is 0.780. The Morgan fingerprint density at radius 2 is 2.03 bits per heavy atom. The van der Waals surface area contributed by atoms with Crippen LogP contribution in [0.4, 0.5) is 8.78 Å². The third-order valence-electron chi connectivity index (χ3n) is 4.81. The van der Waals surface area contributed by atoms with Gasteiger partial charge in [-0.15, -0.1) is 0 Å². The van der Waals surface area contributed by atoms with E-state index >= 15 is 0 Å². The van der Waals surface area contributed by atoms with Crippen LogP contribution >= 0.6 is 0 Å². The number of amides is 2. The molecule has 0 fully saturated rings. The molecular formula is C20H22F2N4O5. The van der Waals surface area contributed by atoms with E-state index < -0.39 is 40.2 Å². The zero-order chi connectivity index (χ0) is 22.7. The number of fused-ring (bicyclic) bond motifs is 1. The summed E-state index contributed by atoms with van der Waals surface area (Å²) in [6, 6.07) is 2.90. The fourth-order valence-electron chi connectivity index (χ4n) is 3.18. The van der Waals surface area contributed by atoms with Gasteiger partial charge in [0.1, 0.15) is 23.9 Å². The largest absolute Gasteiger partial charge is 0.502 e. The number of aromatic nitrogens is 1. The van der Waals surface area contributed by atoms with Crippen LogP contribution in [0.2, 0.25) is 0 Å². The Bertz CT molecular complexity index is 1070. The maximum absolute atomic E-state index is 13.8. The highest BCUT2D eigenvalue weighted by Gasteiger charge is 2.33. The smallest absolute Gasteiger partial charge is 0.277 e. The highest BCUT2D eigenvalue weighted by Crippen LogP contribution is 2.20. The van der Waals surface area contributed by atoms with E-state index in [9.17, 15) is 28.3 Å². The van der Waals surface area contributed by atoms with E-state index in [1.165, 1.54) is 20.7 Å². The Labute approximate surface area is 176 Å². The van der Waals surface area contributed by atoms with Crippen molar-refractivity contribution in [1.29, 1.82) is 0 Å². The van der Waals surface area contributed by atoms with Crippen LogP contribution in [0.5, 0.6) is 5.75 Å². The standard InChI is InChI=1S/C20H22F2N4O5/c1-3-31-7-6-25-11-24(2)26-10-14(17(27)18(28)16(26)20(25)30)19(29)23-9-12-4-5-13(21)8-15(12)22/h4-5,8,10,28H,3,6-7,9,11H2,1-2H3,(H,23,29). The number of rotatable bonds is 7. The highest BCUT2D eigenvalue weighted by atomic mass is 19.1. The van der Waals surface area contributed by atoms with Gasteiger partial charge in [0, 0.05) is 44.6 Å². The molecule has 2 N–H and O–H groups in total. The van der Waals surface area contributed by atoms with Crippen molar-refractivity contribution >= 4 is 11.8 Å². The molecule has 1 aromatic heterocycles. The van der Waals surface area contributed by atoms with Gasteiger partial charge in [-0.05, 0) is 13.0 Å². The second-order valence-electron chi connectivity index (χ2n) is 6.90. The lowest BCUT2D eigenvalue weighted by atomic mass is 10.1. The van der Waals surface area contributed by atoms with Crippen molar-refractivity contribution in [1.82, 2.24) is 14.9 Å². The third kappa shape index (κ3) is 4.50. The molecule has 0 bridgehead atoms. The first-order valence-electron chi connectivity index (χ1n) is 9.53. The Kier molecular flexibility index (Phi) is 6.54. The maximum Gasteiger partial charge on any atom is 0.277 e. The van der Waals surface area contributed by atoms with Gasteiger partial charge < -0.3 is 20.1 Å². The molecule has 31 heavy (non-hydrogen) atoms. The van der Waals surface area contributed by atoms with E-state index in [1.807, 2.05) is 6.92 Å². The van der Waals surface area contributed by atoms with Crippen LogP contribution in [-0.4, -0.2) is 60.0 Å². The number of carbonyl (C=O) groups is 2. The Morgan fingerprint density at radius 3 is 2.71 bits per heavy atom. The molecule has 2 amide bonds. The Hall–Kier alpha value is -3.47. The first-order valence-corrected chi connectivity index (χ1v) is 9.53. The van der Waals surface area contributed by atoms with Crippen LogP contribution in [0.15, 0.2) is 29.2 Å². The lowest BCUT2D eigenvalue weighted by Crippen LogP contribution is -2.53. The minimum absolute atomic E-state index is 0.0225. The SMILES string of the molecule is CCOCCN1CN(C)n2cc(C(=O)NCc3ccc(F)cc3F)c(=O)c(O)c2C1=O. The van der Waals surface area contributed by atoms with E-state index in [4.69, 9.17) is 4.74 Å². The lowest BCUT2D eigenvalue weighted by molar-refractivity contribution is 0.0592. The number of halogens is 2. The van der Waals surface area contributed by atoms with E-state index in [0.29, 0.717) is 19.3 Å². The fourth-order valence-corrected chi connectivity index (χ4v) is 3.18. The summed E-state index contributed by atoms with van der Waals surface area (Å²) in [6.45, 7) is 2.70. The minimum atomic E-state index is -1.03. The summed E-state index contributed by atoms with van der Waals surface area (Å²) < 4.78 is 33.2. The second-order valence-corrected chi connectivity index (χ2v) is 6.90. The number of carbonyl (C=O) groups excluding carboxylic acids is 2. The summed E-state index contributed by atoms with van der Waals surface area (Å²) >= 11 is 0. The van der Waals surface area contributed by atoms with Crippen LogP contribution < -0.4 is 15.8 Å². The summed E-state index contributed by atoms with van der Waals surface area (Å²) in [5.41, 5.74) is -1.70. The molecule has 0 radical (unpaired) electrons. The van der Waals surface area contributed by atoms with Gasteiger partial charge in [-0.3, -0.25) is 24.1 Å². The van der Waals surface area contributed by atoms with Crippen LogP contribution in [0.25, 0.3) is 0 Å². The molecular weight excluding hydrogens is 414 g/mol. The molecule has 0 saturated heterocycles. The number of hydrogen-bond donors (Lipinski definition) is 2. The summed E-state index contributed by atoms with van der Waals surface area (Å²) in [7, 11) is 1.61. The normalized spacial score (nSPS) is 13.4. The summed E-state index contributed by atoms with van der Waals surface area (Å²) in [5.74, 6) is -3.92. The first kappa shape index (κ1) is 22.2. The minimum Gasteiger partial charge on any atom is -0.502 e. The van der Waals surface area contributed by atoms with E-state index in [0.717, 1.165) is 12.3 Å². The molecule has 0 spiro atoms. The van der Waals surface area contributed by atoms with E-state index in [2.05, 4.69) is 5.32 Å². The number of benzene rings is 1. The second kappa shape index (κ2) is 9.13. The van der Waals surface area contributed by atoms with Gasteiger partial charge in [-0.1, -0.05) is 6.07 Å². The Morgan fingerprint density at radius 1 is 1.29 bits per heavy atom. The van der Waals surface area contributed by atoms with Gasteiger partial charge in [0.25, 0.3) is 11.8 Å². The summed E-state index contributed by atoms with van der Waals surface area (Å²) in [6.07, 6.45) is 1.14. The molecule has 3 rings (SSSR count). The van der Waals surface area contributed by atoms with Gasteiger partial charge in [0.15, 0.2) is 11.4 Å². The molecule has 0 unspecified atom stereocenters. The molecule has 0 atom stereocenters. The van der Waals surface area contributed by atoms with Gasteiger partial charge in [-0.2, -0.15) is 0 Å². The first-order chi connectivity index (χ1) is 14.7. The molecule has 1 aliphatic rings. The van der Waals surface area contributed by atoms with Gasteiger partial charge in [-0.25, -0.2) is 8.78 Å². The van der Waals surface area contributed by atoms with Crippen molar-refractivity contribution in [2.75, 3.05) is 38.5 Å². The van der Waals surface area contributed by atoms with Crippen LogP contribution in [0, 0.1) is 11.6 Å². The molecule has 1 aromatic carbocycles. The molecule has 1 aliphatic heterocycles. The summed E-state index contributed by atoms with van der Waals surface area (Å²) in [5, 5.41) is 14.3. The lowest BCUT2D eigenvalue weighted by Gasteiger charge is -2.37. The zero-order valence-corrected chi connectivity index (χ0v) is 17.0. The highest BCUT2D eigenvalue weighted by molar-refractivity contribution is 5.99. The number of nitrogens with one attached hydrogen (secondary N) is 1. The quantitative estimate of drug-likeness (QED) is 0.622. The van der Waals surface area contributed by atoms with Crippen LogP contribution in [0.1, 0.15) is 33.3 Å². The fraction of sp³-hybridized carbons (Fsp3) is 0.350. The average molecular weight is 436 g/mol. The van der Waals surface area contributed by atoms with Crippen LogP contribution in [-0.2, 0) is 11.3 Å². The third-order valence-corrected chi connectivity index (χ3v) is 4.81. The van der Waals surface area contributed by atoms with Crippen molar-refractivity contribution in [3.05, 3.63) is 63.1 Å². The van der Waals surface area contributed by atoms with E-state index in [1.54, 1.807) is 7.05 Å². The molecule has 11 heteroatoms. The van der Waals surface area contributed by atoms with Gasteiger partial charge in [0.05, 0.1) is 6.61 Å². The Balaban J connectivity index is 1.85. The molecule has 0 saturated carbocycles. The molecule has 2 aromatic rings. The van der Waals surface area contributed by atoms with Crippen molar-refractivity contribution in [2.24, 2.45) is 0 Å². The van der Waals surface area contributed by atoms with Crippen molar-refractivity contribution in [3.8, 4) is 5.75 Å². The van der Waals surface area contributed by atoms with Crippen molar-refractivity contribution in [2.45, 2.75) is 13.5 Å². The average Bonchev–Trinajstić information content (AvgIpc) is 2.72. The number of hydrogen-bond acceptors (Lipinski definition) is 6. The van der Waals surface area contributed by atoms with Gasteiger partial charge in [0.2, 0.25) is 5.43 Å². The molecule has 0 aliphatic carbocycles. The van der Waals surface area contributed by atoms with Gasteiger partial charge >= 0.3 is 0 Å². The van der Waals surface area contributed by atoms with Crippen molar-refractivity contribution < 1.29 is 28.2 Å². The summed E-state index contributed by atoms with van der Waals surface area (Å²) in [4.78, 5) is 39.2. The topological polar surface area (TPSA) is 104 Å².